The number of carbonyl (C=O) groups is 2. The van der Waals surface area contributed by atoms with Crippen molar-refractivity contribution in [1.82, 2.24) is 0 Å². The van der Waals surface area contributed by atoms with Gasteiger partial charge in [0.2, 0.25) is 5.91 Å². The fourth-order valence-corrected chi connectivity index (χ4v) is 5.17. The van der Waals surface area contributed by atoms with Gasteiger partial charge < -0.3 is 29.0 Å². The standard InChI is InChI=1S/C26H27ClN2O9S/c1-34-21-11-10-18(12-22(21)35-2)39(32,33)29(17-8-6-16(27)7-9-17)15-25(30)28-20-14-24(37-4)23(36-3)13-19(20)26(31)38-5/h6-14H,15H2,1-5H3,(H,28,30). The van der Waals surface area contributed by atoms with Gasteiger partial charge in [-0.3, -0.25) is 9.10 Å². The van der Waals surface area contributed by atoms with E-state index < -0.39 is 28.4 Å². The summed E-state index contributed by atoms with van der Waals surface area (Å²) in [6.45, 7) is -0.659. The predicted octanol–water partition coefficient (Wildman–Crippen LogP) is 4.00. The number of hydrogen-bond acceptors (Lipinski definition) is 9. The zero-order valence-electron chi connectivity index (χ0n) is 21.8. The summed E-state index contributed by atoms with van der Waals surface area (Å²) in [5.41, 5.74) is 0.179. The van der Waals surface area contributed by atoms with E-state index in [-0.39, 0.29) is 39.1 Å². The first kappa shape index (κ1) is 29.4. The molecule has 0 heterocycles. The number of nitrogens with one attached hydrogen (secondary N) is 1. The largest absolute Gasteiger partial charge is 0.493 e. The van der Waals surface area contributed by atoms with Crippen molar-refractivity contribution in [3.8, 4) is 23.0 Å². The molecule has 0 aromatic heterocycles. The maximum Gasteiger partial charge on any atom is 0.340 e. The molecule has 0 saturated carbocycles. The molecule has 11 nitrogen and oxygen atoms in total. The van der Waals surface area contributed by atoms with Gasteiger partial charge in [0.15, 0.2) is 23.0 Å². The van der Waals surface area contributed by atoms with E-state index in [1.54, 1.807) is 0 Å². The molecular formula is C26H27ClN2O9S. The van der Waals surface area contributed by atoms with E-state index in [0.717, 1.165) is 4.31 Å². The zero-order valence-corrected chi connectivity index (χ0v) is 23.4. The Balaban J connectivity index is 2.04. The van der Waals surface area contributed by atoms with Crippen LogP contribution in [0.3, 0.4) is 0 Å². The van der Waals surface area contributed by atoms with Crippen LogP contribution in [0.2, 0.25) is 5.02 Å². The average molecular weight is 579 g/mol. The fourth-order valence-electron chi connectivity index (χ4n) is 3.61. The van der Waals surface area contributed by atoms with Crippen LogP contribution in [0.15, 0.2) is 59.5 Å². The normalized spacial score (nSPS) is 10.8. The first-order chi connectivity index (χ1) is 18.6. The Hall–Kier alpha value is -4.16. The van der Waals surface area contributed by atoms with Gasteiger partial charge in [0.1, 0.15) is 6.54 Å². The zero-order chi connectivity index (χ0) is 28.7. The molecular weight excluding hydrogens is 552 g/mol. The number of anilines is 2. The smallest absolute Gasteiger partial charge is 0.340 e. The third-order valence-electron chi connectivity index (χ3n) is 5.55. The molecule has 0 fully saturated rings. The Morgan fingerprint density at radius 3 is 1.92 bits per heavy atom. The van der Waals surface area contributed by atoms with Crippen LogP contribution in [0.1, 0.15) is 10.4 Å². The Labute approximate surface area is 231 Å². The summed E-state index contributed by atoms with van der Waals surface area (Å²) in [6, 6.07) is 12.7. The van der Waals surface area contributed by atoms with Crippen LogP contribution in [0.4, 0.5) is 11.4 Å². The van der Waals surface area contributed by atoms with Crippen LogP contribution in [0.25, 0.3) is 0 Å². The topological polar surface area (TPSA) is 130 Å². The van der Waals surface area contributed by atoms with Crippen LogP contribution in [-0.4, -0.2) is 62.4 Å². The number of halogens is 1. The number of esters is 1. The lowest BCUT2D eigenvalue weighted by molar-refractivity contribution is -0.114. The number of nitrogens with zero attached hydrogens (tertiary/aromatic N) is 1. The Kier molecular flexibility index (Phi) is 9.49. The number of benzene rings is 3. The van der Waals surface area contributed by atoms with E-state index in [2.05, 4.69) is 5.32 Å². The second-order valence-corrected chi connectivity index (χ2v) is 10.1. The molecule has 3 rings (SSSR count). The minimum Gasteiger partial charge on any atom is -0.493 e. The lowest BCUT2D eigenvalue weighted by Gasteiger charge is -2.25. The molecule has 1 amide bonds. The molecule has 0 spiro atoms. The van der Waals surface area contributed by atoms with Gasteiger partial charge in [0, 0.05) is 23.2 Å². The van der Waals surface area contributed by atoms with Crippen LogP contribution in [-0.2, 0) is 19.6 Å². The van der Waals surface area contributed by atoms with Gasteiger partial charge in [-0.05, 0) is 36.4 Å². The maximum absolute atomic E-state index is 13.8. The number of hydrogen-bond donors (Lipinski definition) is 1. The third kappa shape index (κ3) is 6.47. The first-order valence-corrected chi connectivity index (χ1v) is 13.1. The van der Waals surface area contributed by atoms with Crippen molar-refractivity contribution in [1.29, 1.82) is 0 Å². The van der Waals surface area contributed by atoms with E-state index in [0.29, 0.717) is 10.8 Å². The molecule has 0 aliphatic carbocycles. The molecule has 3 aromatic carbocycles. The monoisotopic (exact) mass is 578 g/mol. The van der Waals surface area contributed by atoms with E-state index >= 15 is 0 Å². The molecule has 0 radical (unpaired) electrons. The van der Waals surface area contributed by atoms with Crippen LogP contribution < -0.4 is 28.6 Å². The number of methoxy groups -OCH3 is 5. The molecule has 0 aliphatic heterocycles. The van der Waals surface area contributed by atoms with Crippen molar-refractivity contribution in [3.05, 3.63) is 65.2 Å². The summed E-state index contributed by atoms with van der Waals surface area (Å²) >= 11 is 6.00. The third-order valence-corrected chi connectivity index (χ3v) is 7.57. The fraction of sp³-hybridized carbons (Fsp3) is 0.231. The van der Waals surface area contributed by atoms with Crippen molar-refractivity contribution in [2.24, 2.45) is 0 Å². The SMILES string of the molecule is COC(=O)c1cc(OC)c(OC)cc1NC(=O)CN(c1ccc(Cl)cc1)S(=O)(=O)c1ccc(OC)c(OC)c1. The average Bonchev–Trinajstić information content (AvgIpc) is 2.95. The van der Waals surface area contributed by atoms with E-state index in [1.807, 2.05) is 0 Å². The molecule has 0 bridgehead atoms. The van der Waals surface area contributed by atoms with Crippen LogP contribution >= 0.6 is 11.6 Å². The number of sulfonamides is 1. The number of rotatable bonds is 11. The van der Waals surface area contributed by atoms with Gasteiger partial charge in [-0.1, -0.05) is 11.6 Å². The van der Waals surface area contributed by atoms with Crippen molar-refractivity contribution < 1.29 is 41.7 Å². The molecule has 3 aromatic rings. The minimum atomic E-state index is -4.31. The van der Waals surface area contributed by atoms with Gasteiger partial charge in [-0.25, -0.2) is 13.2 Å². The van der Waals surface area contributed by atoms with Crippen molar-refractivity contribution in [2.75, 3.05) is 51.7 Å². The van der Waals surface area contributed by atoms with Crippen molar-refractivity contribution in [2.45, 2.75) is 4.90 Å². The number of carbonyl (C=O) groups excluding carboxylic acids is 2. The Morgan fingerprint density at radius 1 is 0.795 bits per heavy atom. The highest BCUT2D eigenvalue weighted by atomic mass is 35.5. The van der Waals surface area contributed by atoms with Gasteiger partial charge >= 0.3 is 5.97 Å². The van der Waals surface area contributed by atoms with Gasteiger partial charge in [-0.2, -0.15) is 0 Å². The van der Waals surface area contributed by atoms with E-state index in [9.17, 15) is 18.0 Å². The maximum atomic E-state index is 13.8. The Morgan fingerprint density at radius 2 is 1.36 bits per heavy atom. The second kappa shape index (κ2) is 12.6. The molecule has 1 N–H and O–H groups in total. The molecule has 208 valence electrons. The second-order valence-electron chi connectivity index (χ2n) is 7.80. The van der Waals surface area contributed by atoms with Crippen molar-refractivity contribution in [3.63, 3.8) is 0 Å². The summed E-state index contributed by atoms with van der Waals surface area (Å²) in [5.74, 6) is -0.532. The highest BCUT2D eigenvalue weighted by molar-refractivity contribution is 7.92. The van der Waals surface area contributed by atoms with Crippen LogP contribution in [0.5, 0.6) is 23.0 Å². The highest BCUT2D eigenvalue weighted by Crippen LogP contribution is 2.35. The lowest BCUT2D eigenvalue weighted by Crippen LogP contribution is -2.38. The summed E-state index contributed by atoms with van der Waals surface area (Å²) < 4.78 is 54.2. The molecule has 0 unspecified atom stereocenters. The summed E-state index contributed by atoms with van der Waals surface area (Å²) in [6.07, 6.45) is 0. The highest BCUT2D eigenvalue weighted by Gasteiger charge is 2.29. The van der Waals surface area contributed by atoms with Gasteiger partial charge in [-0.15, -0.1) is 0 Å². The minimum absolute atomic E-state index is 0.0238. The number of ether oxygens (including phenoxy) is 5. The number of amides is 1. The van der Waals surface area contributed by atoms with Crippen LogP contribution in [0, 0.1) is 0 Å². The van der Waals surface area contributed by atoms with E-state index in [4.69, 9.17) is 35.3 Å². The molecule has 0 atom stereocenters. The molecule has 39 heavy (non-hydrogen) atoms. The lowest BCUT2D eigenvalue weighted by atomic mass is 10.1. The van der Waals surface area contributed by atoms with Gasteiger partial charge in [0.25, 0.3) is 10.0 Å². The Bertz CT molecular complexity index is 1460. The molecule has 0 saturated heterocycles. The van der Waals surface area contributed by atoms with Gasteiger partial charge in [0.05, 0.1) is 57.4 Å². The summed E-state index contributed by atoms with van der Waals surface area (Å²) in [7, 11) is 2.45. The quantitative estimate of drug-likeness (QED) is 0.336. The molecule has 13 heteroatoms. The molecule has 0 aliphatic rings. The van der Waals surface area contributed by atoms with E-state index in [1.165, 1.54) is 90.1 Å². The summed E-state index contributed by atoms with van der Waals surface area (Å²) in [4.78, 5) is 25.5. The first-order valence-electron chi connectivity index (χ1n) is 11.2. The predicted molar refractivity (Wildman–Crippen MR) is 145 cm³/mol. The summed E-state index contributed by atoms with van der Waals surface area (Å²) in [5, 5.41) is 2.95. The van der Waals surface area contributed by atoms with Crippen molar-refractivity contribution >= 4 is 44.9 Å².